The van der Waals surface area contributed by atoms with Crippen molar-refractivity contribution in [1.82, 2.24) is 9.97 Å². The van der Waals surface area contributed by atoms with Gasteiger partial charge in [-0.1, -0.05) is 43.2 Å². The Balaban J connectivity index is 1.87. The molecule has 3 heterocycles. The summed E-state index contributed by atoms with van der Waals surface area (Å²) in [5, 5.41) is 18.2. The molecule has 1 unspecified atom stereocenters. The zero-order chi connectivity index (χ0) is 31.6. The number of sulfonamides is 1. The molecule has 4 bridgehead atoms. The average Bonchev–Trinajstić information content (AvgIpc) is 2.92. The summed E-state index contributed by atoms with van der Waals surface area (Å²) in [5.74, 6) is -1.54. The van der Waals surface area contributed by atoms with E-state index < -0.39 is 55.1 Å². The van der Waals surface area contributed by atoms with E-state index in [1.165, 1.54) is 47.4 Å². The topological polar surface area (TPSA) is 133 Å². The highest BCUT2D eigenvalue weighted by atomic mass is 32.2. The average molecular weight is 608 g/mol. The standard InChI is InChI=1S/C27H26B3F3N4O5S/c28-25(40)14-4-1-5-16-37(26(29,30)15-13-23(38)39)21-9-6-10-22(35-21)43(41,42)36-20-12-11-19(27(31,32)33)24(34-20)17-7-2-3-8-18(17)25/h2-3,6-12,40H,1,4-5,13-16H2,(H,34,36)(H,38,39). The van der Waals surface area contributed by atoms with Crippen molar-refractivity contribution < 1.29 is 36.6 Å². The number of anilines is 2. The number of nitrogens with one attached hydrogen (secondary N) is 1. The molecular weight excluding hydrogens is 582 g/mol. The number of aliphatic carboxylic acids is 1. The molecule has 1 aliphatic heterocycles. The summed E-state index contributed by atoms with van der Waals surface area (Å²) in [6.07, 6.45) is -4.32. The molecule has 6 radical (unpaired) electrons. The number of aliphatic hydroxyl groups is 1. The molecular formula is C27H26B3F3N4O5S. The van der Waals surface area contributed by atoms with Gasteiger partial charge in [0.2, 0.25) is 0 Å². The predicted octanol–water partition coefficient (Wildman–Crippen LogP) is 3.51. The van der Waals surface area contributed by atoms with Crippen molar-refractivity contribution >= 4 is 51.2 Å². The summed E-state index contributed by atoms with van der Waals surface area (Å²) in [5.41, 5.74) is -3.99. The number of nitrogens with zero attached hydrogens (tertiary/aromatic N) is 3. The van der Waals surface area contributed by atoms with Crippen molar-refractivity contribution in [3.63, 3.8) is 0 Å². The monoisotopic (exact) mass is 608 g/mol. The van der Waals surface area contributed by atoms with E-state index in [4.69, 9.17) is 28.6 Å². The van der Waals surface area contributed by atoms with Crippen LogP contribution in [0.15, 0.2) is 59.6 Å². The van der Waals surface area contributed by atoms with E-state index in [0.717, 1.165) is 6.07 Å². The Labute approximate surface area is 251 Å². The summed E-state index contributed by atoms with van der Waals surface area (Å²) in [6, 6.07) is 11.2. The molecule has 220 valence electrons. The highest BCUT2D eigenvalue weighted by molar-refractivity contribution is 7.92. The van der Waals surface area contributed by atoms with Crippen LogP contribution in [0, 0.1) is 0 Å². The minimum Gasteiger partial charge on any atom is -0.481 e. The second-order valence-electron chi connectivity index (χ2n) is 10.3. The van der Waals surface area contributed by atoms with Crippen LogP contribution >= 0.6 is 0 Å². The number of carboxylic acids is 1. The molecule has 0 saturated heterocycles. The molecule has 0 saturated carbocycles. The number of alkyl halides is 3. The van der Waals surface area contributed by atoms with Gasteiger partial charge in [-0.3, -0.25) is 9.52 Å². The molecule has 3 N–H and O–H groups in total. The van der Waals surface area contributed by atoms with E-state index in [-0.39, 0.29) is 42.8 Å². The lowest BCUT2D eigenvalue weighted by atomic mass is 9.58. The van der Waals surface area contributed by atoms with Gasteiger partial charge in [0.15, 0.2) is 5.03 Å². The fourth-order valence-electron chi connectivity index (χ4n) is 4.87. The summed E-state index contributed by atoms with van der Waals surface area (Å²) in [7, 11) is 14.4. The van der Waals surface area contributed by atoms with Gasteiger partial charge in [0, 0.05) is 24.0 Å². The maximum atomic E-state index is 14.1. The molecule has 4 rings (SSSR count). The number of carbonyl (C=O) groups is 1. The van der Waals surface area contributed by atoms with E-state index in [1.54, 1.807) is 0 Å². The van der Waals surface area contributed by atoms with Gasteiger partial charge < -0.3 is 15.1 Å². The molecule has 16 heteroatoms. The normalized spacial score (nSPS) is 19.5. The minimum atomic E-state index is -4.87. The second kappa shape index (κ2) is 12.2. The number of fused-ring (bicyclic) bond motifs is 6. The lowest BCUT2D eigenvalue weighted by molar-refractivity contribution is -0.138. The maximum absolute atomic E-state index is 14.1. The van der Waals surface area contributed by atoms with Crippen molar-refractivity contribution in [2.45, 2.75) is 60.6 Å². The fraction of sp³-hybridized carbons (Fsp3) is 0.370. The number of hydrogen-bond donors (Lipinski definition) is 3. The van der Waals surface area contributed by atoms with Gasteiger partial charge in [0.1, 0.15) is 19.5 Å². The molecule has 0 amide bonds. The first-order chi connectivity index (χ1) is 20.0. The molecule has 0 fully saturated rings. The third-order valence-corrected chi connectivity index (χ3v) is 8.29. The number of rotatable bonds is 4. The number of pyridine rings is 2. The number of halogens is 3. The maximum Gasteiger partial charge on any atom is 0.418 e. The van der Waals surface area contributed by atoms with E-state index in [2.05, 4.69) is 14.7 Å². The van der Waals surface area contributed by atoms with Crippen molar-refractivity contribution in [2.75, 3.05) is 16.2 Å². The van der Waals surface area contributed by atoms with Crippen LogP contribution in [0.25, 0.3) is 11.3 Å². The quantitative estimate of drug-likeness (QED) is 0.384. The van der Waals surface area contributed by atoms with Gasteiger partial charge >= 0.3 is 12.1 Å². The predicted molar refractivity (Wildman–Crippen MR) is 156 cm³/mol. The third-order valence-electron chi connectivity index (χ3n) is 7.03. The van der Waals surface area contributed by atoms with Crippen LogP contribution in [0.5, 0.6) is 0 Å². The van der Waals surface area contributed by atoms with Crippen molar-refractivity contribution in [2.24, 2.45) is 0 Å². The number of aromatic nitrogens is 2. The van der Waals surface area contributed by atoms with Gasteiger partial charge in [-0.2, -0.15) is 21.6 Å². The first kappa shape index (κ1) is 32.4. The second-order valence-corrected chi connectivity index (χ2v) is 12.0. The van der Waals surface area contributed by atoms with Gasteiger partial charge in [0.25, 0.3) is 10.0 Å². The lowest BCUT2D eigenvalue weighted by Gasteiger charge is -2.41. The van der Waals surface area contributed by atoms with Crippen LogP contribution in [0.3, 0.4) is 0 Å². The third kappa shape index (κ3) is 7.53. The van der Waals surface area contributed by atoms with Crippen LogP contribution in [0.2, 0.25) is 0 Å². The van der Waals surface area contributed by atoms with Gasteiger partial charge in [0.05, 0.1) is 26.9 Å². The zero-order valence-electron chi connectivity index (χ0n) is 22.9. The van der Waals surface area contributed by atoms with Crippen LogP contribution in [-0.4, -0.2) is 70.0 Å². The summed E-state index contributed by atoms with van der Waals surface area (Å²) >= 11 is 0. The molecule has 3 aromatic rings. The van der Waals surface area contributed by atoms with Crippen molar-refractivity contribution in [1.29, 1.82) is 0 Å². The van der Waals surface area contributed by atoms with E-state index in [0.29, 0.717) is 25.3 Å². The highest BCUT2D eigenvalue weighted by Gasteiger charge is 2.37. The summed E-state index contributed by atoms with van der Waals surface area (Å²) in [4.78, 5) is 20.8. The zero-order valence-corrected chi connectivity index (χ0v) is 23.7. The largest absolute Gasteiger partial charge is 0.481 e. The van der Waals surface area contributed by atoms with Crippen LogP contribution in [-0.2, 0) is 26.5 Å². The lowest BCUT2D eigenvalue weighted by Crippen LogP contribution is -2.51. The first-order valence-electron chi connectivity index (χ1n) is 13.3. The fourth-order valence-corrected chi connectivity index (χ4v) is 5.83. The first-order valence-corrected chi connectivity index (χ1v) is 14.8. The highest BCUT2D eigenvalue weighted by Crippen LogP contribution is 2.41. The molecule has 43 heavy (non-hydrogen) atoms. The molecule has 2 aromatic heterocycles. The number of benzene rings is 1. The molecule has 0 spiro atoms. The van der Waals surface area contributed by atoms with Crippen LogP contribution < -0.4 is 9.62 Å². The smallest absolute Gasteiger partial charge is 0.418 e. The van der Waals surface area contributed by atoms with Gasteiger partial charge in [-0.05, 0) is 54.4 Å². The minimum absolute atomic E-state index is 0.0242. The Morgan fingerprint density at radius 3 is 2.44 bits per heavy atom. The van der Waals surface area contributed by atoms with E-state index in [1.807, 2.05) is 0 Å². The van der Waals surface area contributed by atoms with Crippen molar-refractivity contribution in [3.05, 3.63) is 65.7 Å². The Kier molecular flexibility index (Phi) is 9.22. The Morgan fingerprint density at radius 1 is 1.02 bits per heavy atom. The van der Waals surface area contributed by atoms with Crippen molar-refractivity contribution in [3.8, 4) is 11.3 Å². The Morgan fingerprint density at radius 2 is 1.74 bits per heavy atom. The molecule has 1 aliphatic rings. The molecule has 1 atom stereocenters. The number of hydrogen-bond acceptors (Lipinski definition) is 7. The SMILES string of the molecule is [B]C1(O)CCCCCN(C([B])([B])CCC(=O)O)c2cccc(n2)S(=O)(=O)Nc2ccc(C(F)(F)F)c(n2)-c2ccccc21. The van der Waals surface area contributed by atoms with E-state index in [9.17, 15) is 31.5 Å². The summed E-state index contributed by atoms with van der Waals surface area (Å²) < 4.78 is 71.2. The Bertz CT molecular complexity index is 1610. The van der Waals surface area contributed by atoms with Gasteiger partial charge in [-0.15, -0.1) is 0 Å². The molecule has 9 nitrogen and oxygen atoms in total. The van der Waals surface area contributed by atoms with Gasteiger partial charge in [-0.25, -0.2) is 9.97 Å². The Hall–Kier alpha value is -3.52. The summed E-state index contributed by atoms with van der Waals surface area (Å²) in [6.45, 7) is 0.132. The van der Waals surface area contributed by atoms with Crippen LogP contribution in [0.1, 0.15) is 49.7 Å². The van der Waals surface area contributed by atoms with Crippen LogP contribution in [0.4, 0.5) is 24.8 Å². The molecule has 1 aromatic carbocycles. The number of carboxylic acid groups (broad SMARTS) is 1. The van der Waals surface area contributed by atoms with E-state index >= 15 is 0 Å². The molecule has 0 aliphatic carbocycles.